The highest BCUT2D eigenvalue weighted by molar-refractivity contribution is 9.10. The summed E-state index contributed by atoms with van der Waals surface area (Å²) in [6.45, 7) is 0. The molecule has 16 heteroatoms. The first-order valence-corrected chi connectivity index (χ1v) is 19.5. The van der Waals surface area contributed by atoms with Crippen molar-refractivity contribution in [2.75, 3.05) is 12.5 Å². The number of nitrogens with one attached hydrogen (secondary N) is 1. The van der Waals surface area contributed by atoms with E-state index in [1.807, 2.05) is 6.08 Å². The molecule has 10 nitrogen and oxygen atoms in total. The van der Waals surface area contributed by atoms with Gasteiger partial charge in [0.2, 0.25) is 11.8 Å². The minimum absolute atomic E-state index is 0.0352. The van der Waals surface area contributed by atoms with Gasteiger partial charge in [0.25, 0.3) is 11.8 Å². The van der Waals surface area contributed by atoms with Crippen LogP contribution in [0.3, 0.4) is 0 Å². The molecule has 0 spiro atoms. The number of aromatic hydroxyl groups is 1. The number of methoxy groups -OCH3 is 1. The molecule has 2 N–H and O–H groups in total. The summed E-state index contributed by atoms with van der Waals surface area (Å²) in [6.07, 6.45) is 2.07. The molecule has 4 fully saturated rings. The molecule has 6 unspecified atom stereocenters. The van der Waals surface area contributed by atoms with Crippen molar-refractivity contribution in [3.8, 4) is 11.5 Å². The average molecular weight is 863 g/mol. The van der Waals surface area contributed by atoms with Gasteiger partial charge in [-0.2, -0.15) is 18.2 Å². The minimum atomic E-state index is -4.75. The SMILES string of the molecule is COc1cc(Br)cc(C2C3=CCC4C(=O)N(C5CCCCC5)C(=O)C4C3CC3C(=O)N(Nc4ncc(C(F)(F)F)cc4Cl)C(=O)C32c2ccc(Cl)cc2)c1O. The van der Waals surface area contributed by atoms with E-state index >= 15 is 4.79 Å². The first kappa shape index (κ1) is 37.8. The summed E-state index contributed by atoms with van der Waals surface area (Å²) in [6, 6.07) is 9.98. The molecule has 6 atom stereocenters. The van der Waals surface area contributed by atoms with Crippen LogP contribution in [0.2, 0.25) is 10.0 Å². The number of amides is 4. The lowest BCUT2D eigenvalue weighted by molar-refractivity contribution is -0.144. The summed E-state index contributed by atoms with van der Waals surface area (Å²) < 4.78 is 46.5. The lowest BCUT2D eigenvalue weighted by atomic mass is 9.49. The van der Waals surface area contributed by atoms with Crippen LogP contribution in [0.25, 0.3) is 0 Å². The van der Waals surface area contributed by atoms with Crippen LogP contribution >= 0.6 is 39.1 Å². The maximum absolute atomic E-state index is 15.4. The normalized spacial score (nSPS) is 28.2. The number of hydrazine groups is 1. The number of pyridine rings is 1. The van der Waals surface area contributed by atoms with Crippen LogP contribution in [-0.2, 0) is 30.8 Å². The standard InChI is InChI=1S/C39H34BrCl2F3N4O6/c1-55-29-15-20(40)14-26(32(29)50)31-23-11-12-24-30(36(53)48(34(24)51)22-5-3-2-4-6-22)25(23)16-27-35(52)49(37(54)38(27,31)18-7-9-21(41)10-8-18)47-33-28(42)13-19(17-46-33)39(43,44)45/h7-11,13-15,17,22,24-25,27,30-31,50H,2-6,12,16H2,1H3,(H,46,47). The summed E-state index contributed by atoms with van der Waals surface area (Å²) in [5.74, 6) is -7.24. The first-order chi connectivity index (χ1) is 26.2. The topological polar surface area (TPSA) is 129 Å². The van der Waals surface area contributed by atoms with Crippen LogP contribution in [0.4, 0.5) is 19.0 Å². The molecule has 288 valence electrons. The number of halogens is 6. The van der Waals surface area contributed by atoms with E-state index in [-0.39, 0.29) is 53.6 Å². The maximum Gasteiger partial charge on any atom is 0.417 e. The van der Waals surface area contributed by atoms with Gasteiger partial charge in [-0.05, 0) is 67.5 Å². The second kappa shape index (κ2) is 13.8. The van der Waals surface area contributed by atoms with Gasteiger partial charge in [0.15, 0.2) is 17.3 Å². The van der Waals surface area contributed by atoms with Gasteiger partial charge in [0.1, 0.15) is 0 Å². The van der Waals surface area contributed by atoms with Crippen molar-refractivity contribution in [1.29, 1.82) is 0 Å². The Balaban J connectivity index is 1.33. The Kier molecular flexibility index (Phi) is 9.48. The smallest absolute Gasteiger partial charge is 0.417 e. The lowest BCUT2D eigenvalue weighted by Gasteiger charge is -2.50. The van der Waals surface area contributed by atoms with E-state index < -0.39 is 63.6 Å². The van der Waals surface area contributed by atoms with Crippen LogP contribution < -0.4 is 10.2 Å². The Bertz CT molecular complexity index is 2160. The highest BCUT2D eigenvalue weighted by Crippen LogP contribution is 2.65. The van der Waals surface area contributed by atoms with Gasteiger partial charge in [0, 0.05) is 33.2 Å². The predicted octanol–water partition coefficient (Wildman–Crippen LogP) is 8.20. The van der Waals surface area contributed by atoms with Crippen LogP contribution in [0.15, 0.2) is 64.8 Å². The van der Waals surface area contributed by atoms with E-state index in [9.17, 15) is 32.7 Å². The number of imide groups is 2. The number of phenols is 1. The zero-order valence-corrected chi connectivity index (χ0v) is 32.3. The molecule has 4 amide bonds. The summed E-state index contributed by atoms with van der Waals surface area (Å²) in [4.78, 5) is 64.2. The Morgan fingerprint density at radius 2 is 1.69 bits per heavy atom. The average Bonchev–Trinajstić information content (AvgIpc) is 3.54. The quantitative estimate of drug-likeness (QED) is 0.188. The first-order valence-electron chi connectivity index (χ1n) is 18.0. The molecule has 2 aromatic carbocycles. The second-order valence-electron chi connectivity index (χ2n) is 14.8. The molecule has 0 radical (unpaired) electrons. The molecule has 3 aliphatic carbocycles. The fraction of sp³-hybridized carbons (Fsp3) is 0.410. The zero-order chi connectivity index (χ0) is 39.1. The number of rotatable bonds is 6. The number of alkyl halides is 3. The lowest BCUT2D eigenvalue weighted by Crippen LogP contribution is -2.53. The number of ether oxygens (including phenoxy) is 1. The van der Waals surface area contributed by atoms with Gasteiger partial charge < -0.3 is 9.84 Å². The Labute approximate surface area is 332 Å². The van der Waals surface area contributed by atoms with E-state index in [2.05, 4.69) is 26.3 Å². The molecule has 0 bridgehead atoms. The van der Waals surface area contributed by atoms with Crippen LogP contribution in [0.1, 0.15) is 67.6 Å². The van der Waals surface area contributed by atoms with Crippen molar-refractivity contribution in [3.05, 3.63) is 91.5 Å². The number of hydrogen-bond donors (Lipinski definition) is 2. The van der Waals surface area contributed by atoms with Crippen LogP contribution in [0, 0.1) is 23.7 Å². The van der Waals surface area contributed by atoms with E-state index in [1.165, 1.54) is 12.0 Å². The summed E-state index contributed by atoms with van der Waals surface area (Å²) >= 11 is 16.1. The molecule has 3 heterocycles. The molecular formula is C39H34BrCl2F3N4O6. The fourth-order valence-corrected chi connectivity index (χ4v) is 10.6. The molecule has 1 aromatic heterocycles. The number of aromatic nitrogens is 1. The Morgan fingerprint density at radius 3 is 2.35 bits per heavy atom. The third kappa shape index (κ3) is 5.84. The van der Waals surface area contributed by atoms with Crippen molar-refractivity contribution in [2.24, 2.45) is 23.7 Å². The number of carbonyl (C=O) groups is 4. The number of anilines is 1. The number of likely N-dealkylation sites (tertiary alicyclic amines) is 1. The number of phenolic OH excluding ortho intramolecular Hbond substituents is 1. The molecular weight excluding hydrogens is 828 g/mol. The van der Waals surface area contributed by atoms with E-state index in [0.717, 1.165) is 19.3 Å². The maximum atomic E-state index is 15.4. The largest absolute Gasteiger partial charge is 0.504 e. The molecule has 2 saturated carbocycles. The van der Waals surface area contributed by atoms with Crippen LogP contribution in [-0.4, -0.2) is 56.8 Å². The Morgan fingerprint density at radius 1 is 0.982 bits per heavy atom. The van der Waals surface area contributed by atoms with Gasteiger partial charge in [0.05, 0.1) is 40.9 Å². The van der Waals surface area contributed by atoms with Crippen molar-refractivity contribution >= 4 is 68.6 Å². The van der Waals surface area contributed by atoms with Crippen molar-refractivity contribution in [2.45, 2.75) is 68.5 Å². The number of hydrogen-bond acceptors (Lipinski definition) is 8. The van der Waals surface area contributed by atoms with Crippen molar-refractivity contribution in [1.82, 2.24) is 14.9 Å². The van der Waals surface area contributed by atoms with E-state index in [0.29, 0.717) is 50.7 Å². The Hall–Kier alpha value is -4.14. The van der Waals surface area contributed by atoms with Crippen LogP contribution in [0.5, 0.6) is 11.5 Å². The van der Waals surface area contributed by atoms with Gasteiger partial charge in [-0.1, -0.05) is 82.2 Å². The summed E-state index contributed by atoms with van der Waals surface area (Å²) in [5, 5.41) is 12.5. The molecule has 2 saturated heterocycles. The number of fused-ring (bicyclic) bond motifs is 4. The number of carbonyl (C=O) groups excluding carboxylic acids is 4. The van der Waals surface area contributed by atoms with Crippen molar-refractivity contribution < 1.29 is 42.2 Å². The molecule has 2 aliphatic heterocycles. The van der Waals surface area contributed by atoms with Gasteiger partial charge in [-0.3, -0.25) is 29.5 Å². The molecule has 5 aliphatic rings. The highest BCUT2D eigenvalue weighted by Gasteiger charge is 2.71. The minimum Gasteiger partial charge on any atom is -0.504 e. The second-order valence-corrected chi connectivity index (χ2v) is 16.6. The summed E-state index contributed by atoms with van der Waals surface area (Å²) in [7, 11) is 1.37. The van der Waals surface area contributed by atoms with Gasteiger partial charge >= 0.3 is 6.18 Å². The third-order valence-corrected chi connectivity index (χ3v) is 13.1. The summed E-state index contributed by atoms with van der Waals surface area (Å²) in [5.41, 5.74) is 0.846. The third-order valence-electron chi connectivity index (χ3n) is 12.1. The predicted molar refractivity (Wildman–Crippen MR) is 198 cm³/mol. The molecule has 55 heavy (non-hydrogen) atoms. The van der Waals surface area contributed by atoms with Gasteiger partial charge in [-0.25, -0.2) is 4.98 Å². The molecule has 8 rings (SSSR count). The molecule has 3 aromatic rings. The number of nitrogens with zero attached hydrogens (tertiary/aromatic N) is 3. The number of allylic oxidation sites excluding steroid dienone is 2. The fourth-order valence-electron chi connectivity index (χ4n) is 9.82. The van der Waals surface area contributed by atoms with E-state index in [4.69, 9.17) is 27.9 Å². The van der Waals surface area contributed by atoms with E-state index in [1.54, 1.807) is 36.4 Å². The monoisotopic (exact) mass is 860 g/mol. The highest BCUT2D eigenvalue weighted by atomic mass is 79.9. The van der Waals surface area contributed by atoms with Crippen molar-refractivity contribution in [3.63, 3.8) is 0 Å². The van der Waals surface area contributed by atoms with Gasteiger partial charge in [-0.15, -0.1) is 0 Å². The number of benzene rings is 2. The zero-order valence-electron chi connectivity index (χ0n) is 29.2.